The smallest absolute Gasteiger partial charge is 0.163 e. The molecule has 1 rings (SSSR count). The van der Waals surface area contributed by atoms with Gasteiger partial charge in [0, 0.05) is 6.61 Å². The fourth-order valence-electron chi connectivity index (χ4n) is 1.50. The van der Waals surface area contributed by atoms with Crippen LogP contribution in [0.5, 0.6) is 5.75 Å². The van der Waals surface area contributed by atoms with E-state index in [0.717, 1.165) is 18.6 Å². The molecule has 0 aromatic heterocycles. The first-order valence-corrected chi connectivity index (χ1v) is 5.97. The third-order valence-electron chi connectivity index (χ3n) is 2.35. The number of carbonyl (C=O) groups is 1. The van der Waals surface area contributed by atoms with Gasteiger partial charge in [0.15, 0.2) is 5.78 Å². The van der Waals surface area contributed by atoms with Crippen LogP contribution in [0.2, 0.25) is 0 Å². The van der Waals surface area contributed by atoms with Crippen molar-refractivity contribution < 1.29 is 14.3 Å². The molecule has 0 aliphatic rings. The minimum absolute atomic E-state index is 0.0227. The number of ketones is 1. The largest absolute Gasteiger partial charge is 0.490 e. The van der Waals surface area contributed by atoms with Gasteiger partial charge < -0.3 is 9.47 Å². The predicted octanol–water partition coefficient (Wildman–Crippen LogP) is 3.00. The molecule has 3 nitrogen and oxygen atoms in total. The Hall–Kier alpha value is -1.35. The predicted molar refractivity (Wildman–Crippen MR) is 67.8 cm³/mol. The molecule has 3 heteroatoms. The summed E-state index contributed by atoms with van der Waals surface area (Å²) in [6.45, 7) is 7.37. The van der Waals surface area contributed by atoms with E-state index in [9.17, 15) is 4.79 Å². The van der Waals surface area contributed by atoms with Crippen molar-refractivity contribution in [2.45, 2.75) is 27.2 Å². The fourth-order valence-corrected chi connectivity index (χ4v) is 1.50. The van der Waals surface area contributed by atoms with Gasteiger partial charge in [0.05, 0.1) is 12.2 Å². The van der Waals surface area contributed by atoms with Gasteiger partial charge in [0.1, 0.15) is 12.4 Å². The van der Waals surface area contributed by atoms with Crippen LogP contribution in [0, 0.1) is 6.92 Å². The molecule has 1 aromatic rings. The summed E-state index contributed by atoms with van der Waals surface area (Å²) >= 11 is 0. The van der Waals surface area contributed by atoms with Crippen molar-refractivity contribution in [1.29, 1.82) is 0 Å². The molecule has 0 unspecified atom stereocenters. The average Bonchev–Trinajstić information content (AvgIpc) is 2.28. The lowest BCUT2D eigenvalue weighted by atomic mass is 10.1. The number of ether oxygens (including phenoxy) is 2. The maximum Gasteiger partial charge on any atom is 0.163 e. The number of aryl methyl sites for hydroxylation is 1. The molecule has 0 aliphatic carbocycles. The highest BCUT2D eigenvalue weighted by Gasteiger charge is 2.08. The lowest BCUT2D eigenvalue weighted by molar-refractivity contribution is 0.0963. The van der Waals surface area contributed by atoms with Gasteiger partial charge >= 0.3 is 0 Å². The van der Waals surface area contributed by atoms with Crippen LogP contribution in [-0.4, -0.2) is 25.6 Å². The zero-order chi connectivity index (χ0) is 12.7. The van der Waals surface area contributed by atoms with Gasteiger partial charge in [-0.25, -0.2) is 0 Å². The van der Waals surface area contributed by atoms with Crippen LogP contribution >= 0.6 is 0 Å². The Balaban J connectivity index is 2.56. The minimum Gasteiger partial charge on any atom is -0.490 e. The molecule has 0 saturated heterocycles. The Bertz CT molecular complexity index is 372. The van der Waals surface area contributed by atoms with Crippen LogP contribution in [0.15, 0.2) is 18.2 Å². The Kier molecular flexibility index (Phi) is 5.70. The average molecular weight is 236 g/mol. The summed E-state index contributed by atoms with van der Waals surface area (Å²) < 4.78 is 10.9. The summed E-state index contributed by atoms with van der Waals surface area (Å²) in [6.07, 6.45) is 1.00. The van der Waals surface area contributed by atoms with Crippen molar-refractivity contribution in [3.63, 3.8) is 0 Å². The number of hydrogen-bond acceptors (Lipinski definition) is 3. The Labute approximate surface area is 103 Å². The molecule has 0 heterocycles. The topological polar surface area (TPSA) is 35.5 Å². The standard InChI is InChI=1S/C14H20O3/c1-4-7-16-8-9-17-14-10-11(2)5-6-13(14)12(3)15/h5-6,10H,4,7-9H2,1-3H3. The van der Waals surface area contributed by atoms with Gasteiger partial charge in [-0.15, -0.1) is 0 Å². The first-order chi connectivity index (χ1) is 8.15. The lowest BCUT2D eigenvalue weighted by Crippen LogP contribution is -2.09. The second-order valence-electron chi connectivity index (χ2n) is 4.02. The molecule has 0 saturated carbocycles. The van der Waals surface area contributed by atoms with Gasteiger partial charge in [-0.1, -0.05) is 13.0 Å². The summed E-state index contributed by atoms with van der Waals surface area (Å²) in [5.74, 6) is 0.673. The molecule has 1 aromatic carbocycles. The normalized spacial score (nSPS) is 10.3. The van der Waals surface area contributed by atoms with E-state index < -0.39 is 0 Å². The van der Waals surface area contributed by atoms with Crippen molar-refractivity contribution in [2.75, 3.05) is 19.8 Å². The van der Waals surface area contributed by atoms with E-state index in [2.05, 4.69) is 6.92 Å². The molecule has 0 fully saturated rings. The first kappa shape index (κ1) is 13.7. The number of Topliss-reactive ketones (excluding diaryl/α,β-unsaturated/α-hetero) is 1. The molecule has 0 N–H and O–H groups in total. The second kappa shape index (κ2) is 7.07. The molecule has 0 atom stereocenters. The zero-order valence-corrected chi connectivity index (χ0v) is 10.8. The van der Waals surface area contributed by atoms with Crippen molar-refractivity contribution in [2.24, 2.45) is 0 Å². The van der Waals surface area contributed by atoms with Crippen molar-refractivity contribution in [3.05, 3.63) is 29.3 Å². The van der Waals surface area contributed by atoms with E-state index in [1.165, 1.54) is 0 Å². The summed E-state index contributed by atoms with van der Waals surface area (Å²) in [4.78, 5) is 11.4. The molecule has 0 bridgehead atoms. The highest BCUT2D eigenvalue weighted by molar-refractivity contribution is 5.96. The monoisotopic (exact) mass is 236 g/mol. The van der Waals surface area contributed by atoms with Crippen molar-refractivity contribution in [1.82, 2.24) is 0 Å². The Morgan fingerprint density at radius 3 is 2.65 bits per heavy atom. The van der Waals surface area contributed by atoms with E-state index in [4.69, 9.17) is 9.47 Å². The van der Waals surface area contributed by atoms with Gasteiger partial charge in [-0.2, -0.15) is 0 Å². The molecule has 94 valence electrons. The quantitative estimate of drug-likeness (QED) is 0.539. The van der Waals surface area contributed by atoms with Gasteiger partial charge in [0.25, 0.3) is 0 Å². The third-order valence-corrected chi connectivity index (χ3v) is 2.35. The maximum atomic E-state index is 11.4. The Morgan fingerprint density at radius 1 is 1.24 bits per heavy atom. The van der Waals surface area contributed by atoms with Gasteiger partial charge in [0.2, 0.25) is 0 Å². The number of hydrogen-bond donors (Lipinski definition) is 0. The van der Waals surface area contributed by atoms with Crippen LogP contribution in [0.3, 0.4) is 0 Å². The summed E-state index contributed by atoms with van der Waals surface area (Å²) in [5, 5.41) is 0. The van der Waals surface area contributed by atoms with Crippen LogP contribution in [0.1, 0.15) is 36.2 Å². The molecule has 17 heavy (non-hydrogen) atoms. The summed E-state index contributed by atoms with van der Waals surface area (Å²) in [6, 6.07) is 5.60. The highest BCUT2D eigenvalue weighted by atomic mass is 16.5. The van der Waals surface area contributed by atoms with Crippen LogP contribution in [0.25, 0.3) is 0 Å². The summed E-state index contributed by atoms with van der Waals surface area (Å²) in [5.41, 5.74) is 1.71. The van der Waals surface area contributed by atoms with Crippen LogP contribution in [0.4, 0.5) is 0 Å². The molecule has 0 radical (unpaired) electrons. The van der Waals surface area contributed by atoms with Crippen molar-refractivity contribution >= 4 is 5.78 Å². The van der Waals surface area contributed by atoms with Crippen LogP contribution < -0.4 is 4.74 Å². The molecular formula is C14H20O3. The Morgan fingerprint density at radius 2 is 2.00 bits per heavy atom. The number of benzene rings is 1. The summed E-state index contributed by atoms with van der Waals surface area (Å²) in [7, 11) is 0. The third kappa shape index (κ3) is 4.57. The maximum absolute atomic E-state index is 11.4. The number of carbonyl (C=O) groups excluding carboxylic acids is 1. The van der Waals surface area contributed by atoms with E-state index in [1.54, 1.807) is 13.0 Å². The number of rotatable bonds is 7. The molecular weight excluding hydrogens is 216 g/mol. The SMILES string of the molecule is CCCOCCOc1cc(C)ccc1C(C)=O. The molecule has 0 amide bonds. The minimum atomic E-state index is 0.0227. The lowest BCUT2D eigenvalue weighted by Gasteiger charge is -2.10. The van der Waals surface area contributed by atoms with Gasteiger partial charge in [-0.3, -0.25) is 4.79 Å². The van der Waals surface area contributed by atoms with E-state index in [-0.39, 0.29) is 5.78 Å². The second-order valence-corrected chi connectivity index (χ2v) is 4.02. The molecule has 0 spiro atoms. The zero-order valence-electron chi connectivity index (χ0n) is 10.8. The van der Waals surface area contributed by atoms with E-state index in [1.807, 2.05) is 19.1 Å². The van der Waals surface area contributed by atoms with Crippen molar-refractivity contribution in [3.8, 4) is 5.75 Å². The van der Waals surface area contributed by atoms with E-state index >= 15 is 0 Å². The van der Waals surface area contributed by atoms with Crippen LogP contribution in [-0.2, 0) is 4.74 Å². The van der Waals surface area contributed by atoms with E-state index in [0.29, 0.717) is 24.5 Å². The molecule has 0 aliphatic heterocycles. The van der Waals surface area contributed by atoms with Gasteiger partial charge in [-0.05, 0) is 38.0 Å². The highest BCUT2D eigenvalue weighted by Crippen LogP contribution is 2.20. The first-order valence-electron chi connectivity index (χ1n) is 5.97. The fraction of sp³-hybridized carbons (Fsp3) is 0.500.